The first-order valence-electron chi connectivity index (χ1n) is 41.8. The van der Waals surface area contributed by atoms with Crippen molar-refractivity contribution in [3.8, 4) is 0 Å². The summed E-state index contributed by atoms with van der Waals surface area (Å²) in [4.78, 5) is 221. The van der Waals surface area contributed by atoms with E-state index in [0.29, 0.717) is 25.0 Å². The topological polar surface area (TPSA) is 640 Å². The number of nitrogens with two attached hydrogens (primary N) is 5. The Hall–Kier alpha value is -10.3. The molecule has 1 aliphatic heterocycles. The number of nitrogens with one attached hydrogen (secondary N) is 14. The van der Waals surface area contributed by atoms with E-state index in [9.17, 15) is 82.1 Å². The molecule has 0 unspecified atom stereocenters. The van der Waals surface area contributed by atoms with Crippen LogP contribution in [0.3, 0.4) is 0 Å². The minimum atomic E-state index is -1.60. The molecule has 0 radical (unpaired) electrons. The molecule has 0 spiro atoms. The predicted octanol–water partition coefficient (Wildman–Crippen LogP) is -0.769. The van der Waals surface area contributed by atoms with Crippen LogP contribution < -0.4 is 98.0 Å². The van der Waals surface area contributed by atoms with Gasteiger partial charge in [-0.1, -0.05) is 146 Å². The molecule has 668 valence electrons. The number of amides is 13. The Morgan fingerprint density at radius 3 is 1.50 bits per heavy atom. The van der Waals surface area contributed by atoms with Crippen molar-refractivity contribution in [3.05, 3.63) is 18.2 Å². The maximum Gasteiger partial charge on any atom is 0.326 e. The fourth-order valence-corrected chi connectivity index (χ4v) is 13.1. The predicted molar refractivity (Wildman–Crippen MR) is 443 cm³/mol. The summed E-state index contributed by atoms with van der Waals surface area (Å²) in [6, 6.07) is -13.6. The van der Waals surface area contributed by atoms with Crippen LogP contribution in [0.2, 0.25) is 0 Å². The number of aromatic nitrogens is 2. The first-order valence-corrected chi connectivity index (χ1v) is 41.8. The largest absolute Gasteiger partial charge is 0.481 e. The molecule has 2 heterocycles. The van der Waals surface area contributed by atoms with Crippen LogP contribution in [0.15, 0.2) is 22.5 Å². The van der Waals surface area contributed by atoms with Crippen LogP contribution in [0.1, 0.15) is 241 Å². The summed E-state index contributed by atoms with van der Waals surface area (Å²) in [5.74, 6) is -15.4. The van der Waals surface area contributed by atoms with Gasteiger partial charge < -0.3 is 107 Å². The van der Waals surface area contributed by atoms with Crippen LogP contribution >= 0.6 is 0 Å². The number of rotatable bonds is 63. The number of carbonyl (C=O) groups is 15. The fraction of sp³-hybridized carbons (Fsp3) is 0.744. The summed E-state index contributed by atoms with van der Waals surface area (Å²) < 4.78 is 0. The fourth-order valence-electron chi connectivity index (χ4n) is 13.1. The Bertz CT molecular complexity index is 3370. The summed E-state index contributed by atoms with van der Waals surface area (Å²) in [5, 5.41) is 48.0. The number of hydrogen-bond acceptors (Lipinski definition) is 20. The van der Waals surface area contributed by atoms with Crippen molar-refractivity contribution in [1.82, 2.24) is 84.2 Å². The molecule has 1 aromatic rings. The normalized spacial score (nSPS) is 15.0. The average molecular weight is 1670 g/mol. The number of hydrazine groups is 1. The van der Waals surface area contributed by atoms with Crippen molar-refractivity contribution in [2.45, 2.75) is 303 Å². The van der Waals surface area contributed by atoms with Gasteiger partial charge in [-0.25, -0.2) is 15.2 Å². The third-order valence-electron chi connectivity index (χ3n) is 19.9. The number of aliphatic carboxylic acids is 2. The zero-order valence-corrected chi connectivity index (χ0v) is 70.7. The lowest BCUT2D eigenvalue weighted by molar-refractivity contribution is -0.144. The Labute approximate surface area is 693 Å². The van der Waals surface area contributed by atoms with E-state index in [-0.39, 0.29) is 121 Å². The number of unbranched alkanes of at least 4 members (excludes halogenated alkanes) is 13. The van der Waals surface area contributed by atoms with Crippen molar-refractivity contribution in [2.75, 3.05) is 45.8 Å². The van der Waals surface area contributed by atoms with Crippen LogP contribution in [0.4, 0.5) is 0 Å². The molecule has 2 rings (SSSR count). The number of guanidine groups is 2. The van der Waals surface area contributed by atoms with Gasteiger partial charge in [0, 0.05) is 50.8 Å². The van der Waals surface area contributed by atoms with Crippen LogP contribution in [0.5, 0.6) is 0 Å². The lowest BCUT2D eigenvalue weighted by Gasteiger charge is -2.32. The summed E-state index contributed by atoms with van der Waals surface area (Å²) in [6.45, 7) is 14.0. The third kappa shape index (κ3) is 43.3. The molecular formula is C78H139N23O17. The minimum Gasteiger partial charge on any atom is -0.481 e. The molecule has 40 nitrogen and oxygen atoms in total. The highest BCUT2D eigenvalue weighted by molar-refractivity contribution is 5.99. The number of likely N-dealkylation sites (tertiary alicyclic amines) is 1. The lowest BCUT2D eigenvalue weighted by Crippen LogP contribution is -2.61. The molecule has 1 fully saturated rings. The number of carboxylic acids is 2. The number of aromatic amines is 1. The third-order valence-corrected chi connectivity index (χ3v) is 19.9. The van der Waals surface area contributed by atoms with Gasteiger partial charge in [-0.05, 0) is 107 Å². The van der Waals surface area contributed by atoms with E-state index in [2.05, 4.69) is 96.2 Å². The summed E-state index contributed by atoms with van der Waals surface area (Å²) in [7, 11) is 0. The maximum atomic E-state index is 14.8. The molecule has 40 heteroatoms. The number of carboxylic acid groups (broad SMARTS) is 2. The first kappa shape index (κ1) is 104. The van der Waals surface area contributed by atoms with Gasteiger partial charge in [0.15, 0.2) is 11.9 Å². The van der Waals surface area contributed by atoms with Gasteiger partial charge in [-0.2, -0.15) is 0 Å². The molecule has 0 aliphatic carbocycles. The smallest absolute Gasteiger partial charge is 0.326 e. The second kappa shape index (κ2) is 58.6. The number of hydrogen-bond donors (Lipinski definition) is 21. The molecule has 0 aromatic carbocycles. The van der Waals surface area contributed by atoms with E-state index in [0.717, 1.165) is 24.2 Å². The molecule has 0 bridgehead atoms. The van der Waals surface area contributed by atoms with Gasteiger partial charge in [0.2, 0.25) is 76.8 Å². The van der Waals surface area contributed by atoms with Crippen molar-refractivity contribution in [2.24, 2.45) is 62.3 Å². The molecule has 0 saturated carbocycles. The molecule has 1 saturated heterocycles. The van der Waals surface area contributed by atoms with Gasteiger partial charge in [-0.3, -0.25) is 82.5 Å². The van der Waals surface area contributed by atoms with E-state index >= 15 is 0 Å². The molecule has 118 heavy (non-hydrogen) atoms. The van der Waals surface area contributed by atoms with Gasteiger partial charge in [0.05, 0.1) is 26.0 Å². The molecule has 26 N–H and O–H groups in total. The van der Waals surface area contributed by atoms with Crippen molar-refractivity contribution in [3.63, 3.8) is 0 Å². The van der Waals surface area contributed by atoms with Gasteiger partial charge >= 0.3 is 11.9 Å². The van der Waals surface area contributed by atoms with Gasteiger partial charge in [0.25, 0.3) is 0 Å². The van der Waals surface area contributed by atoms with E-state index in [1.54, 1.807) is 55.4 Å². The zero-order valence-electron chi connectivity index (χ0n) is 70.7. The highest BCUT2D eigenvalue weighted by Gasteiger charge is 2.42. The Balaban J connectivity index is 2.33. The number of nitrogens with zero attached hydrogens (tertiary/aromatic N) is 4. The maximum absolute atomic E-state index is 14.8. The molecule has 1 aliphatic rings. The van der Waals surface area contributed by atoms with Gasteiger partial charge in [0.1, 0.15) is 60.4 Å². The number of carbonyl (C=O) groups excluding carboxylic acids is 13. The second-order valence-corrected chi connectivity index (χ2v) is 31.3. The van der Waals surface area contributed by atoms with Crippen LogP contribution in [-0.2, 0) is 78.3 Å². The number of aliphatic imine (C=N–C) groups is 2. The van der Waals surface area contributed by atoms with Crippen molar-refractivity contribution >= 4 is 101 Å². The average Bonchev–Trinajstić information content (AvgIpc) is 1.61. The summed E-state index contributed by atoms with van der Waals surface area (Å²) >= 11 is 0. The van der Waals surface area contributed by atoms with Crippen LogP contribution in [-0.4, -0.2) is 232 Å². The standard InChI is InChI=1S/C78H139N23O17/c1-10-12-13-14-15-16-17-18-19-20-21-22-23-33-59(102)100-90-45-62(105)91-52(30-26-37-85-77(80)81)67(108)87-43-60(103)92-53(31-27-38-86-78(82)83)70(111)99-66(50(9)11-2)74(115)95-56(40-47(3)4)71(112)93-54(29-24-25-36-79)69(110)94-55(34-35-63(106)107)75(116)101-39-28-32-58(101)72(113)98-64(48(5)6)73(114)96-57(41-51-42-84-46-89-51)68(109)88-44-61(104)97-65(49(7)8)76(117)118/h42,46-50,52-58,64-66,90H,10-41,43-45,79H2,1-9H3,(H,84,89)(H,87,108)(H,88,109)(H,91,105)(H,92,103)(H,93,112)(H,94,110)(H,95,115)(H,96,114)(H,97,104)(H,98,113)(H,99,111)(H,100,102)(H,106,107)(H,117,118)(H4,80,81,85)(H4,82,83,86)/t50-,52-,53-,54-,55-,56-,57-,58-,64-,65-,66-/m0/s1. The van der Waals surface area contributed by atoms with Crippen molar-refractivity contribution in [1.29, 1.82) is 0 Å². The molecule has 11 atom stereocenters. The van der Waals surface area contributed by atoms with E-state index in [1.165, 1.54) is 70.3 Å². The highest BCUT2D eigenvalue weighted by atomic mass is 16.4. The Kier molecular flexibility index (Phi) is 51.5. The van der Waals surface area contributed by atoms with Crippen LogP contribution in [0, 0.1) is 23.7 Å². The number of imidazole rings is 1. The van der Waals surface area contributed by atoms with Crippen LogP contribution in [0.25, 0.3) is 0 Å². The Morgan fingerprint density at radius 1 is 0.500 bits per heavy atom. The SMILES string of the molecule is CCCCCCCCCCCCCCCC(=O)NNCC(=O)N[C@@H](CCCN=C(N)N)C(=O)NCC(=O)N[C@@H](CCCN=C(N)N)C(=O)N[C@H](C(=O)N[C@@H](CC(C)C)C(=O)N[C@@H](CCCCN)C(=O)N[C@@H](CCC(=O)O)C(=O)N1CCC[C@H]1C(=O)N[C@H](C(=O)N[C@@H](Cc1cnc[nH]1)C(=O)NCC(=O)N[C@H](C(=O)O)C(C)C)C(C)C)[C@@H](C)CC. The zero-order chi connectivity index (χ0) is 88.2. The molecule has 13 amide bonds. The Morgan fingerprint density at radius 2 is 0.983 bits per heavy atom. The second-order valence-electron chi connectivity index (χ2n) is 31.3. The molecular weight excluding hydrogens is 1530 g/mol. The first-order chi connectivity index (χ1) is 56.0. The van der Waals surface area contributed by atoms with E-state index in [1.807, 2.05) is 0 Å². The van der Waals surface area contributed by atoms with E-state index < -0.39 is 193 Å². The van der Waals surface area contributed by atoms with E-state index in [4.69, 9.17) is 28.7 Å². The monoisotopic (exact) mass is 1670 g/mol. The number of H-pyrrole nitrogens is 1. The molecule has 1 aromatic heterocycles. The minimum absolute atomic E-state index is 0.0104. The summed E-state index contributed by atoms with van der Waals surface area (Å²) in [6.07, 6.45) is 18.1. The van der Waals surface area contributed by atoms with Crippen molar-refractivity contribution < 1.29 is 82.1 Å². The summed E-state index contributed by atoms with van der Waals surface area (Å²) in [5.41, 5.74) is 33.5. The lowest BCUT2D eigenvalue weighted by atomic mass is 9.96. The van der Waals surface area contributed by atoms with Gasteiger partial charge in [-0.15, -0.1) is 0 Å². The quantitative estimate of drug-likeness (QED) is 0.0165. The highest BCUT2D eigenvalue weighted by Crippen LogP contribution is 2.22.